The van der Waals surface area contributed by atoms with Crippen molar-refractivity contribution in [2.24, 2.45) is 16.9 Å². The van der Waals surface area contributed by atoms with Crippen molar-refractivity contribution < 1.29 is 19.3 Å². The topological polar surface area (TPSA) is 113 Å². The highest BCUT2D eigenvalue weighted by molar-refractivity contribution is 6.24. The molecule has 6 rings (SSSR count). The van der Waals surface area contributed by atoms with Gasteiger partial charge in [0.2, 0.25) is 11.8 Å². The Morgan fingerprint density at radius 1 is 0.857 bits per heavy atom. The third kappa shape index (κ3) is 3.01. The van der Waals surface area contributed by atoms with Gasteiger partial charge in [-0.2, -0.15) is 5.10 Å². The summed E-state index contributed by atoms with van der Waals surface area (Å²) >= 11 is 0. The summed E-state index contributed by atoms with van der Waals surface area (Å²) in [6.07, 6.45) is 1.65. The second kappa shape index (κ2) is 7.69. The van der Waals surface area contributed by atoms with Crippen LogP contribution in [-0.2, 0) is 9.59 Å². The van der Waals surface area contributed by atoms with Crippen LogP contribution in [0.25, 0.3) is 0 Å². The van der Waals surface area contributed by atoms with Crippen molar-refractivity contribution in [3.63, 3.8) is 0 Å². The van der Waals surface area contributed by atoms with Crippen LogP contribution in [0, 0.1) is 22.0 Å². The van der Waals surface area contributed by atoms with Crippen LogP contribution in [0.5, 0.6) is 0 Å². The number of fused-ring (bicyclic) bond motifs is 5. The predicted molar refractivity (Wildman–Crippen MR) is 126 cm³/mol. The Morgan fingerprint density at radius 2 is 1.51 bits per heavy atom. The number of carbonyl (C=O) groups excluding carboxylic acids is 3. The average Bonchev–Trinajstić information content (AvgIpc) is 3.36. The van der Waals surface area contributed by atoms with E-state index in [1.54, 1.807) is 41.6 Å². The van der Waals surface area contributed by atoms with Crippen LogP contribution in [0.4, 0.5) is 11.4 Å². The van der Waals surface area contributed by atoms with Gasteiger partial charge in [-0.1, -0.05) is 54.6 Å². The molecule has 0 bridgehead atoms. The van der Waals surface area contributed by atoms with Crippen molar-refractivity contribution in [1.82, 2.24) is 5.01 Å². The number of hydrogen-bond acceptors (Lipinski definition) is 7. The molecule has 0 radical (unpaired) electrons. The summed E-state index contributed by atoms with van der Waals surface area (Å²) in [7, 11) is 0. The molecule has 0 unspecified atom stereocenters. The van der Waals surface area contributed by atoms with Gasteiger partial charge in [0, 0.05) is 17.7 Å². The SMILES string of the molecule is O=C(c1ccccc1)[C@@H]1[C@H]2C(=O)N(c3ccc([N+](=O)[O-])cc3)C(=O)[C@@H]2[C@H]2c3ccccc3C=NN12. The minimum Gasteiger partial charge on any atom is -0.292 e. The summed E-state index contributed by atoms with van der Waals surface area (Å²) in [6.45, 7) is 0. The van der Waals surface area contributed by atoms with E-state index in [2.05, 4.69) is 5.10 Å². The summed E-state index contributed by atoms with van der Waals surface area (Å²) in [4.78, 5) is 52.8. The van der Waals surface area contributed by atoms with Crippen LogP contribution in [0.3, 0.4) is 0 Å². The summed E-state index contributed by atoms with van der Waals surface area (Å²) in [5, 5.41) is 17.2. The summed E-state index contributed by atoms with van der Waals surface area (Å²) in [5.41, 5.74) is 2.18. The number of benzene rings is 3. The van der Waals surface area contributed by atoms with Gasteiger partial charge in [-0.3, -0.25) is 29.5 Å². The Hall–Kier alpha value is -4.66. The molecular weight excluding hydrogens is 448 g/mol. The van der Waals surface area contributed by atoms with E-state index < -0.39 is 40.7 Å². The van der Waals surface area contributed by atoms with Gasteiger partial charge in [-0.05, 0) is 23.3 Å². The normalized spacial score (nSPS) is 24.2. The Bertz CT molecular complexity index is 1420. The van der Waals surface area contributed by atoms with Crippen LogP contribution in [0.2, 0.25) is 0 Å². The number of anilines is 1. The van der Waals surface area contributed by atoms with Crippen LogP contribution in [0.1, 0.15) is 27.5 Å². The van der Waals surface area contributed by atoms with Crippen molar-refractivity contribution in [2.75, 3.05) is 4.90 Å². The van der Waals surface area contributed by atoms with Crippen molar-refractivity contribution in [2.45, 2.75) is 12.1 Å². The van der Waals surface area contributed by atoms with E-state index in [0.29, 0.717) is 5.56 Å². The molecule has 3 aromatic rings. The molecule has 2 amide bonds. The number of hydrazone groups is 1. The second-order valence-corrected chi connectivity index (χ2v) is 8.71. The van der Waals surface area contributed by atoms with Crippen molar-refractivity contribution >= 4 is 35.2 Å². The molecule has 2 saturated heterocycles. The Morgan fingerprint density at radius 3 is 2.23 bits per heavy atom. The van der Waals surface area contributed by atoms with Crippen molar-refractivity contribution in [3.05, 3.63) is 106 Å². The minimum atomic E-state index is -0.962. The van der Waals surface area contributed by atoms with Crippen molar-refractivity contribution in [1.29, 1.82) is 0 Å². The molecule has 2 fully saturated rings. The molecule has 3 aromatic carbocycles. The molecule has 0 aromatic heterocycles. The van der Waals surface area contributed by atoms with E-state index in [1.165, 1.54) is 24.3 Å². The van der Waals surface area contributed by atoms with E-state index in [1.807, 2.05) is 24.3 Å². The molecular formula is C26H18N4O5. The number of non-ortho nitro benzene ring substituents is 1. The lowest BCUT2D eigenvalue weighted by Crippen LogP contribution is -2.44. The molecule has 0 N–H and O–H groups in total. The Kier molecular flexibility index (Phi) is 4.60. The number of ketones is 1. The average molecular weight is 466 g/mol. The highest BCUT2D eigenvalue weighted by atomic mass is 16.6. The lowest BCUT2D eigenvalue weighted by Gasteiger charge is -2.33. The van der Waals surface area contributed by atoms with E-state index in [4.69, 9.17) is 0 Å². The Labute approximate surface area is 199 Å². The van der Waals surface area contributed by atoms with E-state index in [-0.39, 0.29) is 17.2 Å². The highest BCUT2D eigenvalue weighted by Crippen LogP contribution is 2.53. The van der Waals surface area contributed by atoms with Gasteiger partial charge in [0.1, 0.15) is 6.04 Å². The molecule has 9 nitrogen and oxygen atoms in total. The molecule has 3 aliphatic heterocycles. The van der Waals surface area contributed by atoms with Gasteiger partial charge in [-0.25, -0.2) is 4.90 Å². The first-order valence-corrected chi connectivity index (χ1v) is 11.1. The summed E-state index contributed by atoms with van der Waals surface area (Å²) < 4.78 is 0. The number of hydrogen-bond donors (Lipinski definition) is 0. The van der Waals surface area contributed by atoms with Crippen LogP contribution >= 0.6 is 0 Å². The van der Waals surface area contributed by atoms with Gasteiger partial charge in [0.15, 0.2) is 5.78 Å². The quantitative estimate of drug-likeness (QED) is 0.252. The lowest BCUT2D eigenvalue weighted by molar-refractivity contribution is -0.384. The van der Waals surface area contributed by atoms with E-state index in [9.17, 15) is 24.5 Å². The third-order valence-electron chi connectivity index (χ3n) is 6.94. The number of carbonyl (C=O) groups is 3. The zero-order valence-electron chi connectivity index (χ0n) is 18.2. The molecule has 9 heteroatoms. The minimum absolute atomic E-state index is 0.146. The van der Waals surface area contributed by atoms with Crippen LogP contribution < -0.4 is 4.90 Å². The largest absolute Gasteiger partial charge is 0.292 e. The molecule has 4 atom stereocenters. The van der Waals surface area contributed by atoms with Gasteiger partial charge >= 0.3 is 0 Å². The molecule has 0 aliphatic carbocycles. The van der Waals surface area contributed by atoms with Gasteiger partial charge < -0.3 is 0 Å². The monoisotopic (exact) mass is 466 g/mol. The maximum absolute atomic E-state index is 13.8. The Balaban J connectivity index is 1.47. The first-order chi connectivity index (χ1) is 17.0. The zero-order valence-corrected chi connectivity index (χ0v) is 18.2. The molecule has 0 spiro atoms. The molecule has 172 valence electrons. The van der Waals surface area contributed by atoms with Crippen LogP contribution in [-0.4, -0.2) is 39.8 Å². The van der Waals surface area contributed by atoms with Gasteiger partial charge in [0.05, 0.1) is 34.7 Å². The molecule has 3 heterocycles. The highest BCUT2D eigenvalue weighted by Gasteiger charge is 2.65. The third-order valence-corrected chi connectivity index (χ3v) is 6.94. The first kappa shape index (κ1) is 20.9. The second-order valence-electron chi connectivity index (χ2n) is 8.71. The van der Waals surface area contributed by atoms with Crippen molar-refractivity contribution in [3.8, 4) is 0 Å². The number of Topliss-reactive ketones (excluding diaryl/α,β-unsaturated/α-hetero) is 1. The summed E-state index contributed by atoms with van der Waals surface area (Å²) in [5.74, 6) is -3.01. The first-order valence-electron chi connectivity index (χ1n) is 11.1. The molecule has 3 aliphatic rings. The lowest BCUT2D eigenvalue weighted by atomic mass is 9.83. The number of nitro groups is 1. The maximum Gasteiger partial charge on any atom is 0.269 e. The number of amides is 2. The number of nitrogens with zero attached hydrogens (tertiary/aromatic N) is 4. The summed E-state index contributed by atoms with van der Waals surface area (Å²) in [6, 6.07) is 19.9. The van der Waals surface area contributed by atoms with Crippen LogP contribution in [0.15, 0.2) is 84.0 Å². The maximum atomic E-state index is 13.8. The number of nitro benzene ring substituents is 1. The number of rotatable bonds is 4. The predicted octanol–water partition coefficient (Wildman–Crippen LogP) is 3.36. The zero-order chi connectivity index (χ0) is 24.3. The van der Waals surface area contributed by atoms with E-state index in [0.717, 1.165) is 16.0 Å². The number of imide groups is 1. The fraction of sp³-hybridized carbons (Fsp3) is 0.154. The standard InChI is InChI=1S/C26H18N4O5/c31-24(15-6-2-1-3-7-15)23-21-20(22-19-9-5-4-8-16(19)14-27-29(22)23)25(32)28(26(21)33)17-10-12-18(13-11-17)30(34)35/h1-14,20-23H/t20-,21-,22+,23-/m0/s1. The van der Waals surface area contributed by atoms with E-state index >= 15 is 0 Å². The fourth-order valence-corrected chi connectivity index (χ4v) is 5.42. The molecule has 35 heavy (non-hydrogen) atoms. The smallest absolute Gasteiger partial charge is 0.269 e. The van der Waals surface area contributed by atoms with Gasteiger partial charge in [0.25, 0.3) is 5.69 Å². The van der Waals surface area contributed by atoms with Gasteiger partial charge in [-0.15, -0.1) is 0 Å². The molecule has 0 saturated carbocycles. The fourth-order valence-electron chi connectivity index (χ4n) is 5.42.